The van der Waals surface area contributed by atoms with Gasteiger partial charge in [-0.1, -0.05) is 63.0 Å². The number of hydrogen-bond donors (Lipinski definition) is 1. The first kappa shape index (κ1) is 20.7. The minimum atomic E-state index is -0.842. The van der Waals surface area contributed by atoms with E-state index in [1.807, 2.05) is 0 Å². The Labute approximate surface area is 137 Å². The van der Waals surface area contributed by atoms with Crippen molar-refractivity contribution in [2.75, 3.05) is 0 Å². The van der Waals surface area contributed by atoms with Crippen molar-refractivity contribution in [1.29, 1.82) is 0 Å². The van der Waals surface area contributed by atoms with Crippen molar-refractivity contribution in [3.63, 3.8) is 0 Å². The van der Waals surface area contributed by atoms with E-state index in [2.05, 4.69) is 31.2 Å². The van der Waals surface area contributed by atoms with Crippen molar-refractivity contribution in [2.45, 2.75) is 84.0 Å². The molecule has 0 bridgehead atoms. The van der Waals surface area contributed by atoms with Gasteiger partial charge in [-0.2, -0.15) is 0 Å². The van der Waals surface area contributed by atoms with E-state index in [4.69, 9.17) is 5.11 Å². The lowest BCUT2D eigenvalue weighted by Gasteiger charge is -1.99. The first-order valence-electron chi connectivity index (χ1n) is 8.96. The van der Waals surface area contributed by atoms with E-state index in [-0.39, 0.29) is 0 Å². The van der Waals surface area contributed by atoms with Gasteiger partial charge in [0.2, 0.25) is 0 Å². The fraction of sp³-hybridized carbons (Fsp3) is 0.650. The third kappa shape index (κ3) is 18.7. The predicted molar refractivity (Wildman–Crippen MR) is 96.1 cm³/mol. The molecule has 0 saturated carbocycles. The third-order valence-corrected chi connectivity index (χ3v) is 3.56. The van der Waals surface area contributed by atoms with Gasteiger partial charge in [0.15, 0.2) is 0 Å². The number of unbranched alkanes of at least 4 members (excludes halogenated alkanes) is 9. The Morgan fingerprint density at radius 1 is 0.682 bits per heavy atom. The molecule has 1 N–H and O–H groups in total. The van der Waals surface area contributed by atoms with Crippen molar-refractivity contribution in [3.8, 4) is 0 Å². The molecule has 0 aromatic rings. The molecule has 0 fully saturated rings. The van der Waals surface area contributed by atoms with Crippen LogP contribution in [-0.2, 0) is 4.79 Å². The number of aliphatic carboxylic acids is 1. The molecule has 0 radical (unpaired) electrons. The van der Waals surface area contributed by atoms with Gasteiger partial charge in [-0.25, -0.2) is 4.79 Å². The Bertz CT molecular complexity index is 327. The Morgan fingerprint density at radius 3 is 1.68 bits per heavy atom. The molecule has 0 aliphatic heterocycles. The van der Waals surface area contributed by atoms with Crippen LogP contribution >= 0.6 is 0 Å². The van der Waals surface area contributed by atoms with E-state index >= 15 is 0 Å². The molecule has 126 valence electrons. The molecule has 0 aliphatic carbocycles. The summed E-state index contributed by atoms with van der Waals surface area (Å²) < 4.78 is 0. The van der Waals surface area contributed by atoms with Gasteiger partial charge in [-0.3, -0.25) is 0 Å². The molecule has 0 unspecified atom stereocenters. The van der Waals surface area contributed by atoms with E-state index < -0.39 is 5.97 Å². The predicted octanol–water partition coefficient (Wildman–Crippen LogP) is 6.44. The number of hydrogen-bond acceptors (Lipinski definition) is 1. The second-order valence-corrected chi connectivity index (χ2v) is 5.72. The quantitative estimate of drug-likeness (QED) is 0.215. The maximum absolute atomic E-state index is 10.3. The van der Waals surface area contributed by atoms with Gasteiger partial charge in [-0.05, 0) is 51.4 Å². The first-order valence-corrected chi connectivity index (χ1v) is 8.96. The molecule has 0 atom stereocenters. The minimum absolute atomic E-state index is 0.842. The normalized spacial score (nSPS) is 12.0. The van der Waals surface area contributed by atoms with Crippen LogP contribution in [0.25, 0.3) is 0 Å². The zero-order valence-electron chi connectivity index (χ0n) is 14.3. The van der Waals surface area contributed by atoms with Gasteiger partial charge in [0.25, 0.3) is 0 Å². The van der Waals surface area contributed by atoms with Gasteiger partial charge in [0.05, 0.1) is 0 Å². The summed E-state index contributed by atoms with van der Waals surface area (Å²) in [7, 11) is 0. The van der Waals surface area contributed by atoms with Gasteiger partial charge in [-0.15, -0.1) is 0 Å². The van der Waals surface area contributed by atoms with Crippen molar-refractivity contribution in [3.05, 3.63) is 36.5 Å². The summed E-state index contributed by atoms with van der Waals surface area (Å²) in [6.07, 6.45) is 26.6. The molecule has 2 heteroatoms. The molecular weight excluding hydrogens is 272 g/mol. The molecule has 0 saturated heterocycles. The third-order valence-electron chi connectivity index (χ3n) is 3.56. The largest absolute Gasteiger partial charge is 0.478 e. The molecule has 22 heavy (non-hydrogen) atoms. The molecule has 0 rings (SSSR count). The second kappa shape index (κ2) is 17.7. The Hall–Kier alpha value is -1.31. The van der Waals surface area contributed by atoms with Gasteiger partial charge in [0.1, 0.15) is 0 Å². The fourth-order valence-electron chi connectivity index (χ4n) is 2.29. The molecular formula is C20H34O2. The summed E-state index contributed by atoms with van der Waals surface area (Å²) in [6.45, 7) is 2.17. The SMILES string of the molecule is CCC=CCCCC=CCCCCCCCCC=CC(=O)O. The van der Waals surface area contributed by atoms with Crippen molar-refractivity contribution in [2.24, 2.45) is 0 Å². The van der Waals surface area contributed by atoms with E-state index in [0.29, 0.717) is 0 Å². The standard InChI is InChI=1S/C20H34O2/c1-2-3-4-5-6-7-8-9-10-11-12-13-14-15-16-17-18-19-20(21)22/h3-4,8-9,18-19H,2,5-7,10-17H2,1H3,(H,21,22). The van der Waals surface area contributed by atoms with Crippen LogP contribution in [0.1, 0.15) is 84.0 Å². The topological polar surface area (TPSA) is 37.3 Å². The van der Waals surface area contributed by atoms with Gasteiger partial charge < -0.3 is 5.11 Å². The molecule has 0 aromatic heterocycles. The van der Waals surface area contributed by atoms with Crippen LogP contribution in [-0.4, -0.2) is 11.1 Å². The highest BCUT2D eigenvalue weighted by molar-refractivity contribution is 5.79. The fourth-order valence-corrected chi connectivity index (χ4v) is 2.29. The summed E-state index contributed by atoms with van der Waals surface area (Å²) in [4.78, 5) is 10.3. The second-order valence-electron chi connectivity index (χ2n) is 5.72. The lowest BCUT2D eigenvalue weighted by atomic mass is 10.1. The Morgan fingerprint density at radius 2 is 1.14 bits per heavy atom. The lowest BCUT2D eigenvalue weighted by molar-refractivity contribution is -0.131. The Balaban J connectivity index is 3.16. The first-order chi connectivity index (χ1) is 10.8. The average Bonchev–Trinajstić information content (AvgIpc) is 2.50. The van der Waals surface area contributed by atoms with Crippen LogP contribution in [0, 0.1) is 0 Å². The van der Waals surface area contributed by atoms with Gasteiger partial charge in [0, 0.05) is 6.08 Å². The van der Waals surface area contributed by atoms with Crippen LogP contribution in [0.2, 0.25) is 0 Å². The van der Waals surface area contributed by atoms with Gasteiger partial charge >= 0.3 is 5.97 Å². The van der Waals surface area contributed by atoms with Crippen molar-refractivity contribution >= 4 is 5.97 Å². The van der Waals surface area contributed by atoms with E-state index in [0.717, 1.165) is 19.3 Å². The number of allylic oxidation sites excluding steroid dienone is 5. The number of carbonyl (C=O) groups is 1. The molecule has 0 aliphatic rings. The van der Waals surface area contributed by atoms with Crippen LogP contribution in [0.5, 0.6) is 0 Å². The summed E-state index contributed by atoms with van der Waals surface area (Å²) in [6, 6.07) is 0. The van der Waals surface area contributed by atoms with Crippen molar-refractivity contribution in [1.82, 2.24) is 0 Å². The summed E-state index contributed by atoms with van der Waals surface area (Å²) in [5.74, 6) is -0.842. The highest BCUT2D eigenvalue weighted by Gasteiger charge is 1.91. The number of carboxylic acid groups (broad SMARTS) is 1. The molecule has 0 aromatic carbocycles. The van der Waals surface area contributed by atoms with Crippen molar-refractivity contribution < 1.29 is 9.90 Å². The zero-order chi connectivity index (χ0) is 16.3. The minimum Gasteiger partial charge on any atom is -0.478 e. The summed E-state index contributed by atoms with van der Waals surface area (Å²) in [5, 5.41) is 8.44. The number of rotatable bonds is 15. The van der Waals surface area contributed by atoms with E-state index in [1.165, 1.54) is 63.9 Å². The van der Waals surface area contributed by atoms with Crippen LogP contribution in [0.4, 0.5) is 0 Å². The highest BCUT2D eigenvalue weighted by atomic mass is 16.4. The van der Waals surface area contributed by atoms with Crippen LogP contribution < -0.4 is 0 Å². The van der Waals surface area contributed by atoms with Crippen LogP contribution in [0.3, 0.4) is 0 Å². The Kier molecular flexibility index (Phi) is 16.7. The monoisotopic (exact) mass is 306 g/mol. The van der Waals surface area contributed by atoms with E-state index in [1.54, 1.807) is 6.08 Å². The van der Waals surface area contributed by atoms with Crippen LogP contribution in [0.15, 0.2) is 36.5 Å². The molecule has 2 nitrogen and oxygen atoms in total. The molecule has 0 heterocycles. The number of carboxylic acids is 1. The summed E-state index contributed by atoms with van der Waals surface area (Å²) >= 11 is 0. The maximum atomic E-state index is 10.3. The average molecular weight is 306 g/mol. The smallest absolute Gasteiger partial charge is 0.327 e. The molecule has 0 spiro atoms. The highest BCUT2D eigenvalue weighted by Crippen LogP contribution is 2.09. The van der Waals surface area contributed by atoms with E-state index in [9.17, 15) is 4.79 Å². The maximum Gasteiger partial charge on any atom is 0.327 e. The zero-order valence-corrected chi connectivity index (χ0v) is 14.3. The lowest BCUT2D eigenvalue weighted by Crippen LogP contribution is -1.85. The summed E-state index contributed by atoms with van der Waals surface area (Å²) in [5.41, 5.74) is 0. The molecule has 0 amide bonds.